The van der Waals surface area contributed by atoms with E-state index < -0.39 is 6.10 Å². The van der Waals surface area contributed by atoms with E-state index in [9.17, 15) is 9.59 Å². The molecule has 0 fully saturated rings. The van der Waals surface area contributed by atoms with E-state index in [0.717, 1.165) is 141 Å². The lowest BCUT2D eigenvalue weighted by atomic mass is 10.1. The monoisotopic (exact) mass is 905 g/mol. The van der Waals surface area contributed by atoms with Gasteiger partial charge in [-0.3, -0.25) is 9.59 Å². The summed E-state index contributed by atoms with van der Waals surface area (Å²) < 4.78 is 17.2. The summed E-state index contributed by atoms with van der Waals surface area (Å²) >= 11 is 0. The molecule has 0 radical (unpaired) electrons. The molecule has 0 saturated carbocycles. The summed E-state index contributed by atoms with van der Waals surface area (Å²) in [7, 11) is 0. The van der Waals surface area contributed by atoms with Crippen molar-refractivity contribution in [1.29, 1.82) is 0 Å². The van der Waals surface area contributed by atoms with Gasteiger partial charge in [0.1, 0.15) is 6.61 Å². The maximum atomic E-state index is 12.8. The second-order valence-corrected chi connectivity index (χ2v) is 15.9. The highest BCUT2D eigenvalue weighted by molar-refractivity contribution is 5.71. The van der Waals surface area contributed by atoms with Gasteiger partial charge in [0.15, 0.2) is 6.10 Å². The predicted molar refractivity (Wildman–Crippen MR) is 287 cm³/mol. The van der Waals surface area contributed by atoms with Crippen LogP contribution in [0.25, 0.3) is 0 Å². The fourth-order valence-corrected chi connectivity index (χ4v) is 6.07. The Kier molecular flexibility index (Phi) is 50.7. The van der Waals surface area contributed by atoms with E-state index in [1.165, 1.54) is 0 Å². The molecule has 0 amide bonds. The van der Waals surface area contributed by atoms with Gasteiger partial charge in [0, 0.05) is 13.0 Å². The second kappa shape index (κ2) is 54.6. The minimum atomic E-state index is -0.625. The molecule has 5 heteroatoms. The lowest BCUT2D eigenvalue weighted by molar-refractivity contribution is -0.162. The van der Waals surface area contributed by atoms with Crippen LogP contribution in [0.4, 0.5) is 0 Å². The summed E-state index contributed by atoms with van der Waals surface area (Å²) in [5, 5.41) is 0. The standard InChI is InChI=1S/C61H92O5/c1-4-7-10-13-16-19-22-25-28-29-30-31-32-35-38-41-44-47-50-53-56-64-57-59(66-61(63)55-52-49-46-43-40-37-34-27-24-21-18-15-12-9-6-3)58-65-60(62)54-51-48-45-42-39-36-33-26-23-20-17-14-11-8-5-2/h7-12,16-21,25-28,30-31,33-35,38-40,42-43,48,51,59H,4-6,13-15,22-24,29,32,36-37,41,44-47,49-50,52-58H2,1-3H3/b10-7-,11-8-,12-9-,19-16-,20-17-,21-18-,28-25-,31-30-,33-26-,34-27-,38-35-,42-39-,43-40-,51-48-. The molecule has 0 aromatic rings. The SMILES string of the molecule is CC/C=C\C/C=C\C/C=C\C/C=C\C/C=C\CCCCCCOCC(COC(=O)C/C=C\C/C=C\C/C=C\C/C=C\C/C=C\CC)OC(=O)CCCC/C=C\C/C=C\C/C=C\C/C=C\CC. The van der Waals surface area contributed by atoms with Crippen molar-refractivity contribution in [2.75, 3.05) is 19.8 Å². The van der Waals surface area contributed by atoms with Gasteiger partial charge in [0.2, 0.25) is 0 Å². The average molecular weight is 905 g/mol. The van der Waals surface area contributed by atoms with Crippen LogP contribution in [0.2, 0.25) is 0 Å². The summed E-state index contributed by atoms with van der Waals surface area (Å²) in [6.07, 6.45) is 82.5. The Morgan fingerprint density at radius 3 is 1.08 bits per heavy atom. The third-order valence-electron chi connectivity index (χ3n) is 9.76. The van der Waals surface area contributed by atoms with Crippen LogP contribution >= 0.6 is 0 Å². The Morgan fingerprint density at radius 2 is 0.682 bits per heavy atom. The first-order valence-electron chi connectivity index (χ1n) is 25.7. The molecule has 0 aliphatic heterocycles. The molecule has 66 heavy (non-hydrogen) atoms. The van der Waals surface area contributed by atoms with Crippen LogP contribution in [0, 0.1) is 0 Å². The number of rotatable bonds is 44. The van der Waals surface area contributed by atoms with Crippen LogP contribution in [-0.4, -0.2) is 37.9 Å². The van der Waals surface area contributed by atoms with Crippen LogP contribution in [-0.2, 0) is 23.8 Å². The van der Waals surface area contributed by atoms with Gasteiger partial charge in [-0.2, -0.15) is 0 Å². The lowest BCUT2D eigenvalue weighted by Gasteiger charge is -2.18. The lowest BCUT2D eigenvalue weighted by Crippen LogP contribution is -2.30. The molecule has 0 spiro atoms. The van der Waals surface area contributed by atoms with Gasteiger partial charge in [-0.1, -0.05) is 204 Å². The Morgan fingerprint density at radius 1 is 0.348 bits per heavy atom. The summed E-state index contributed by atoms with van der Waals surface area (Å²) in [6.45, 7) is 7.23. The number of allylic oxidation sites excluding steroid dienone is 27. The third-order valence-corrected chi connectivity index (χ3v) is 9.76. The van der Waals surface area contributed by atoms with E-state index >= 15 is 0 Å². The normalized spacial score (nSPS) is 13.7. The molecule has 1 unspecified atom stereocenters. The highest BCUT2D eigenvalue weighted by Gasteiger charge is 2.17. The highest BCUT2D eigenvalue weighted by Crippen LogP contribution is 2.09. The first kappa shape index (κ1) is 61.3. The number of hydrogen-bond acceptors (Lipinski definition) is 5. The quantitative estimate of drug-likeness (QED) is 0.0346. The van der Waals surface area contributed by atoms with Gasteiger partial charge in [0.25, 0.3) is 0 Å². The van der Waals surface area contributed by atoms with E-state index in [2.05, 4.69) is 179 Å². The van der Waals surface area contributed by atoms with Gasteiger partial charge in [-0.05, 0) is 128 Å². The second-order valence-electron chi connectivity index (χ2n) is 15.9. The fraction of sp³-hybridized carbons (Fsp3) is 0.508. The molecule has 0 aromatic heterocycles. The average Bonchev–Trinajstić information content (AvgIpc) is 3.32. The molecule has 0 N–H and O–H groups in total. The molecule has 0 heterocycles. The van der Waals surface area contributed by atoms with Crippen LogP contribution in [0.1, 0.15) is 175 Å². The van der Waals surface area contributed by atoms with Crippen molar-refractivity contribution in [3.8, 4) is 0 Å². The highest BCUT2D eigenvalue weighted by atomic mass is 16.6. The zero-order valence-corrected chi connectivity index (χ0v) is 41.9. The molecular formula is C61H92O5. The number of unbranched alkanes of at least 4 members (excludes halogenated alkanes) is 6. The van der Waals surface area contributed by atoms with Crippen molar-refractivity contribution in [1.82, 2.24) is 0 Å². The van der Waals surface area contributed by atoms with E-state index in [1.54, 1.807) is 0 Å². The Balaban J connectivity index is 4.55. The first-order chi connectivity index (χ1) is 32.6. The van der Waals surface area contributed by atoms with Crippen LogP contribution in [0.5, 0.6) is 0 Å². The number of esters is 2. The molecular weight excluding hydrogens is 813 g/mol. The maximum Gasteiger partial charge on any atom is 0.309 e. The van der Waals surface area contributed by atoms with Crippen molar-refractivity contribution in [3.63, 3.8) is 0 Å². The van der Waals surface area contributed by atoms with Crippen molar-refractivity contribution in [2.24, 2.45) is 0 Å². The van der Waals surface area contributed by atoms with E-state index in [-0.39, 0.29) is 31.6 Å². The van der Waals surface area contributed by atoms with Gasteiger partial charge < -0.3 is 14.2 Å². The predicted octanol–water partition coefficient (Wildman–Crippen LogP) is 17.7. The molecule has 0 saturated heterocycles. The van der Waals surface area contributed by atoms with Gasteiger partial charge >= 0.3 is 11.9 Å². The number of carbonyl (C=O) groups is 2. The summed E-state index contributed by atoms with van der Waals surface area (Å²) in [5.74, 6) is -0.624. The van der Waals surface area contributed by atoms with Gasteiger partial charge in [-0.25, -0.2) is 0 Å². The third kappa shape index (κ3) is 51.9. The van der Waals surface area contributed by atoms with Crippen molar-refractivity contribution in [3.05, 3.63) is 170 Å². The molecule has 1 atom stereocenters. The Bertz CT molecular complexity index is 1540. The molecule has 5 nitrogen and oxygen atoms in total. The van der Waals surface area contributed by atoms with Gasteiger partial charge in [-0.15, -0.1) is 0 Å². The zero-order chi connectivity index (χ0) is 47.7. The van der Waals surface area contributed by atoms with Gasteiger partial charge in [0.05, 0.1) is 13.0 Å². The number of carbonyl (C=O) groups excluding carboxylic acids is 2. The fourth-order valence-electron chi connectivity index (χ4n) is 6.07. The smallest absolute Gasteiger partial charge is 0.309 e. The zero-order valence-electron chi connectivity index (χ0n) is 41.9. The molecule has 0 rings (SSSR count). The first-order valence-corrected chi connectivity index (χ1v) is 25.7. The van der Waals surface area contributed by atoms with Crippen LogP contribution < -0.4 is 0 Å². The topological polar surface area (TPSA) is 61.8 Å². The van der Waals surface area contributed by atoms with Crippen molar-refractivity contribution in [2.45, 2.75) is 181 Å². The summed E-state index contributed by atoms with van der Waals surface area (Å²) in [5.41, 5.74) is 0. The molecule has 0 aliphatic carbocycles. The largest absolute Gasteiger partial charge is 0.461 e. The molecule has 366 valence electrons. The van der Waals surface area contributed by atoms with Crippen molar-refractivity contribution >= 4 is 11.9 Å². The molecule has 0 aromatic carbocycles. The van der Waals surface area contributed by atoms with E-state index in [4.69, 9.17) is 14.2 Å². The van der Waals surface area contributed by atoms with Crippen molar-refractivity contribution < 1.29 is 23.8 Å². The van der Waals surface area contributed by atoms with E-state index in [0.29, 0.717) is 13.0 Å². The Hall–Kier alpha value is -4.74. The van der Waals surface area contributed by atoms with Crippen LogP contribution in [0.15, 0.2) is 170 Å². The number of hydrogen-bond donors (Lipinski definition) is 0. The Labute approximate surface area is 405 Å². The minimum absolute atomic E-state index is 0.00944. The molecule has 0 bridgehead atoms. The van der Waals surface area contributed by atoms with E-state index in [1.807, 2.05) is 12.2 Å². The number of ether oxygens (including phenoxy) is 3. The minimum Gasteiger partial charge on any atom is -0.461 e. The summed E-state index contributed by atoms with van der Waals surface area (Å²) in [6, 6.07) is 0. The summed E-state index contributed by atoms with van der Waals surface area (Å²) in [4.78, 5) is 25.3. The molecule has 0 aliphatic rings. The van der Waals surface area contributed by atoms with Crippen LogP contribution in [0.3, 0.4) is 0 Å². The maximum absolute atomic E-state index is 12.8.